The molecule has 0 aromatic heterocycles. The first-order chi connectivity index (χ1) is 6.56. The van der Waals surface area contributed by atoms with Crippen molar-refractivity contribution in [3.63, 3.8) is 0 Å². The fourth-order valence-corrected chi connectivity index (χ4v) is 1.96. The third-order valence-electron chi connectivity index (χ3n) is 1.75. The van der Waals surface area contributed by atoms with E-state index < -0.39 is 10.1 Å². The summed E-state index contributed by atoms with van der Waals surface area (Å²) in [6.07, 6.45) is 0.686. The van der Waals surface area contributed by atoms with Gasteiger partial charge in [0.05, 0.1) is 11.5 Å². The zero-order valence-corrected chi connectivity index (χ0v) is 9.88. The first kappa shape index (κ1) is 14.1. The molecular weight excluding hydrogens is 214 g/mol. The maximum atomic E-state index is 11.5. The van der Waals surface area contributed by atoms with E-state index in [0.717, 1.165) is 5.56 Å². The van der Waals surface area contributed by atoms with Gasteiger partial charge in [0, 0.05) is 0 Å². The molecule has 0 bridgehead atoms. The number of rotatable bonds is 4. The summed E-state index contributed by atoms with van der Waals surface area (Å²) in [5, 5.41) is 0. The molecule has 1 rings (SSSR count). The molecule has 0 saturated heterocycles. The molecule has 0 aliphatic carbocycles. The molecule has 0 fully saturated rings. The first-order valence-electron chi connectivity index (χ1n) is 4.52. The van der Waals surface area contributed by atoms with Crippen molar-refractivity contribution in [1.82, 2.24) is 6.15 Å². The van der Waals surface area contributed by atoms with Gasteiger partial charge in [0.15, 0.2) is 0 Å². The van der Waals surface area contributed by atoms with E-state index in [2.05, 4.69) is 0 Å². The summed E-state index contributed by atoms with van der Waals surface area (Å²) in [6, 6.07) is 6.62. The molecule has 1 aromatic rings. The lowest BCUT2D eigenvalue weighted by atomic mass is 10.2. The quantitative estimate of drug-likeness (QED) is 0.806. The van der Waals surface area contributed by atoms with E-state index >= 15 is 0 Å². The zero-order chi connectivity index (χ0) is 10.6. The summed E-state index contributed by atoms with van der Waals surface area (Å²) < 4.78 is 27.7. The van der Waals surface area contributed by atoms with E-state index in [-0.39, 0.29) is 17.7 Å². The highest BCUT2D eigenvalue weighted by molar-refractivity contribution is 7.86. The number of hydrogen-bond donors (Lipinski definition) is 1. The van der Waals surface area contributed by atoms with Crippen LogP contribution in [-0.4, -0.2) is 15.0 Å². The largest absolute Gasteiger partial charge is 0.344 e. The van der Waals surface area contributed by atoms with Crippen molar-refractivity contribution in [2.75, 3.05) is 6.61 Å². The minimum atomic E-state index is -3.54. The molecule has 0 saturated carbocycles. The lowest BCUT2D eigenvalue weighted by molar-refractivity contribution is 0.318. The van der Waals surface area contributed by atoms with Gasteiger partial charge in [0.1, 0.15) is 0 Å². The fourth-order valence-electron chi connectivity index (χ4n) is 0.966. The summed E-state index contributed by atoms with van der Waals surface area (Å²) in [6.45, 7) is 4.00. The third-order valence-corrected chi connectivity index (χ3v) is 3.08. The Labute approximate surface area is 91.0 Å². The molecule has 4 nitrogen and oxygen atoms in total. The molecule has 0 atom stereocenters. The molecule has 0 unspecified atom stereocenters. The first-order valence-corrected chi connectivity index (χ1v) is 5.93. The van der Waals surface area contributed by atoms with Crippen molar-refractivity contribution < 1.29 is 12.6 Å². The summed E-state index contributed by atoms with van der Waals surface area (Å²) in [4.78, 5) is 0.219. The molecule has 86 valence electrons. The van der Waals surface area contributed by atoms with Crippen molar-refractivity contribution in [2.45, 2.75) is 25.2 Å². The van der Waals surface area contributed by atoms with Gasteiger partial charge in [-0.2, -0.15) is 8.42 Å². The molecular formula is C10H17NO3S. The SMILES string of the molecule is CCCOS(=O)(=O)c1ccc(C)cc1.N. The maximum Gasteiger partial charge on any atom is 0.296 e. The van der Waals surface area contributed by atoms with Crippen LogP contribution in [0.5, 0.6) is 0 Å². The Morgan fingerprint density at radius 2 is 1.73 bits per heavy atom. The van der Waals surface area contributed by atoms with Gasteiger partial charge in [-0.05, 0) is 25.5 Å². The summed E-state index contributed by atoms with van der Waals surface area (Å²) in [5.41, 5.74) is 1.03. The van der Waals surface area contributed by atoms with Crippen molar-refractivity contribution in [2.24, 2.45) is 0 Å². The van der Waals surface area contributed by atoms with E-state index in [0.29, 0.717) is 6.42 Å². The molecule has 0 heterocycles. The Bertz CT molecular complexity index is 384. The van der Waals surface area contributed by atoms with E-state index in [1.54, 1.807) is 24.3 Å². The molecule has 3 N–H and O–H groups in total. The van der Waals surface area contributed by atoms with Gasteiger partial charge < -0.3 is 6.15 Å². The normalized spacial score (nSPS) is 10.8. The Balaban J connectivity index is 0.00000196. The Morgan fingerprint density at radius 1 is 1.20 bits per heavy atom. The van der Waals surface area contributed by atoms with Crippen LogP contribution in [0.3, 0.4) is 0 Å². The van der Waals surface area contributed by atoms with Gasteiger partial charge in [-0.1, -0.05) is 24.6 Å². The molecule has 5 heteroatoms. The van der Waals surface area contributed by atoms with Crippen LogP contribution in [0.1, 0.15) is 18.9 Å². The van der Waals surface area contributed by atoms with Gasteiger partial charge in [-0.3, -0.25) is 4.18 Å². The number of benzene rings is 1. The second-order valence-corrected chi connectivity index (χ2v) is 4.70. The molecule has 0 aliphatic rings. The number of hydrogen-bond acceptors (Lipinski definition) is 4. The molecule has 1 aromatic carbocycles. The number of aryl methyl sites for hydroxylation is 1. The van der Waals surface area contributed by atoms with E-state index in [9.17, 15) is 8.42 Å². The Hall–Kier alpha value is -0.910. The van der Waals surface area contributed by atoms with Crippen molar-refractivity contribution >= 4 is 10.1 Å². The lowest BCUT2D eigenvalue weighted by Gasteiger charge is -2.04. The second kappa shape index (κ2) is 5.85. The van der Waals surface area contributed by atoms with Crippen LogP contribution >= 0.6 is 0 Å². The van der Waals surface area contributed by atoms with E-state index in [1.807, 2.05) is 13.8 Å². The molecule has 0 spiro atoms. The summed E-state index contributed by atoms with van der Waals surface area (Å²) in [7, 11) is -3.54. The van der Waals surface area contributed by atoms with E-state index in [1.165, 1.54) is 0 Å². The van der Waals surface area contributed by atoms with Crippen LogP contribution in [0.2, 0.25) is 0 Å². The predicted molar refractivity (Wildman–Crippen MR) is 59.6 cm³/mol. The monoisotopic (exact) mass is 231 g/mol. The summed E-state index contributed by atoms with van der Waals surface area (Å²) >= 11 is 0. The predicted octanol–water partition coefficient (Wildman–Crippen LogP) is 2.27. The standard InChI is InChI=1S/C10H14O3S.H3N/c1-3-8-13-14(11,12)10-6-4-9(2)5-7-10;/h4-7H,3,8H2,1-2H3;1H3. The molecule has 0 radical (unpaired) electrons. The van der Waals surface area contributed by atoms with Gasteiger partial charge >= 0.3 is 0 Å². The minimum Gasteiger partial charge on any atom is -0.344 e. The fraction of sp³-hybridized carbons (Fsp3) is 0.400. The van der Waals surface area contributed by atoms with Crippen LogP contribution in [0, 0.1) is 6.92 Å². The molecule has 15 heavy (non-hydrogen) atoms. The maximum absolute atomic E-state index is 11.5. The second-order valence-electron chi connectivity index (χ2n) is 3.09. The average molecular weight is 231 g/mol. The molecule has 0 aliphatic heterocycles. The van der Waals surface area contributed by atoms with Crippen LogP contribution in [0.4, 0.5) is 0 Å². The van der Waals surface area contributed by atoms with Crippen molar-refractivity contribution in [3.8, 4) is 0 Å². The van der Waals surface area contributed by atoms with Crippen LogP contribution in [0.25, 0.3) is 0 Å². The smallest absolute Gasteiger partial charge is 0.296 e. The minimum absolute atomic E-state index is 0. The highest BCUT2D eigenvalue weighted by Gasteiger charge is 2.13. The topological polar surface area (TPSA) is 78.4 Å². The van der Waals surface area contributed by atoms with Gasteiger partial charge in [0.2, 0.25) is 0 Å². The Morgan fingerprint density at radius 3 is 2.20 bits per heavy atom. The van der Waals surface area contributed by atoms with Crippen LogP contribution in [-0.2, 0) is 14.3 Å². The molecule has 0 amide bonds. The highest BCUT2D eigenvalue weighted by atomic mass is 32.2. The van der Waals surface area contributed by atoms with Crippen molar-refractivity contribution in [3.05, 3.63) is 29.8 Å². The van der Waals surface area contributed by atoms with Gasteiger partial charge in [-0.25, -0.2) is 0 Å². The van der Waals surface area contributed by atoms with E-state index in [4.69, 9.17) is 4.18 Å². The zero-order valence-electron chi connectivity index (χ0n) is 9.06. The average Bonchev–Trinajstić information content (AvgIpc) is 2.16. The van der Waals surface area contributed by atoms with Gasteiger partial charge in [-0.15, -0.1) is 0 Å². The van der Waals surface area contributed by atoms with Crippen LogP contribution in [0.15, 0.2) is 29.2 Å². The van der Waals surface area contributed by atoms with Gasteiger partial charge in [0.25, 0.3) is 10.1 Å². The third kappa shape index (κ3) is 3.99. The van der Waals surface area contributed by atoms with Crippen LogP contribution < -0.4 is 6.15 Å². The Kier molecular flexibility index (Phi) is 5.49. The highest BCUT2D eigenvalue weighted by Crippen LogP contribution is 2.13. The summed E-state index contributed by atoms with van der Waals surface area (Å²) in [5.74, 6) is 0. The van der Waals surface area contributed by atoms with Crippen molar-refractivity contribution in [1.29, 1.82) is 0 Å². The lowest BCUT2D eigenvalue weighted by Crippen LogP contribution is -2.06.